The van der Waals surface area contributed by atoms with E-state index in [1.54, 1.807) is 12.1 Å². The van der Waals surface area contributed by atoms with Crippen LogP contribution in [0, 0.1) is 0 Å². The molecule has 0 aliphatic carbocycles. The normalized spacial score (nSPS) is 12.4. The Kier molecular flexibility index (Phi) is 8.39. The van der Waals surface area contributed by atoms with Crippen molar-refractivity contribution in [2.45, 2.75) is 26.8 Å². The quantitative estimate of drug-likeness (QED) is 0.561. The zero-order valence-electron chi connectivity index (χ0n) is 14.3. The van der Waals surface area contributed by atoms with Crippen LogP contribution < -0.4 is 15.4 Å². The van der Waals surface area contributed by atoms with Crippen molar-refractivity contribution in [3.05, 3.63) is 29.8 Å². The van der Waals surface area contributed by atoms with Gasteiger partial charge in [-0.1, -0.05) is 25.1 Å². The van der Waals surface area contributed by atoms with Gasteiger partial charge < -0.3 is 20.3 Å². The Morgan fingerprint density at radius 1 is 1.21 bits per heavy atom. The number of nitrogens with one attached hydrogen (secondary N) is 2. The number of likely N-dealkylation sites (N-methyl/N-ethyl adjacent to an activating group) is 1. The third-order valence-corrected chi connectivity index (χ3v) is 3.28. The van der Waals surface area contributed by atoms with Gasteiger partial charge in [-0.25, -0.2) is 4.99 Å². The Bertz CT molecular complexity index is 520. The van der Waals surface area contributed by atoms with E-state index in [0.717, 1.165) is 13.1 Å². The van der Waals surface area contributed by atoms with Crippen molar-refractivity contribution in [1.82, 2.24) is 15.5 Å². The first kappa shape index (κ1) is 20.1. The molecule has 1 aromatic carbocycles. The van der Waals surface area contributed by atoms with Crippen LogP contribution in [0.3, 0.4) is 0 Å². The van der Waals surface area contributed by atoms with Crippen LogP contribution in [0.2, 0.25) is 0 Å². The van der Waals surface area contributed by atoms with E-state index in [4.69, 9.17) is 0 Å². The summed E-state index contributed by atoms with van der Waals surface area (Å²) in [5, 5.41) is 6.23. The van der Waals surface area contributed by atoms with Crippen LogP contribution in [0.25, 0.3) is 0 Å². The molecule has 0 atom stereocenters. The highest BCUT2D eigenvalue weighted by Crippen LogP contribution is 2.26. The highest BCUT2D eigenvalue weighted by atomic mass is 19.4. The van der Waals surface area contributed by atoms with Crippen molar-refractivity contribution in [3.63, 3.8) is 0 Å². The average molecular weight is 346 g/mol. The van der Waals surface area contributed by atoms with Crippen LogP contribution in [0.1, 0.15) is 19.4 Å². The fourth-order valence-electron chi connectivity index (χ4n) is 1.89. The SMILES string of the molecule is CCNC(=NCc1ccccc1OC(F)(F)F)NCCN(C)CC. The van der Waals surface area contributed by atoms with Crippen LogP contribution in [-0.2, 0) is 6.54 Å². The maximum absolute atomic E-state index is 12.4. The molecule has 0 spiro atoms. The van der Waals surface area contributed by atoms with E-state index in [2.05, 4.69) is 32.2 Å². The molecule has 0 aliphatic rings. The van der Waals surface area contributed by atoms with Crippen LogP contribution in [-0.4, -0.2) is 50.4 Å². The summed E-state index contributed by atoms with van der Waals surface area (Å²) < 4.78 is 41.3. The van der Waals surface area contributed by atoms with Gasteiger partial charge >= 0.3 is 6.36 Å². The molecule has 0 fully saturated rings. The number of nitrogens with zero attached hydrogens (tertiary/aromatic N) is 2. The molecule has 5 nitrogen and oxygen atoms in total. The van der Waals surface area contributed by atoms with Gasteiger partial charge in [-0.2, -0.15) is 0 Å². The molecule has 24 heavy (non-hydrogen) atoms. The highest BCUT2D eigenvalue weighted by Gasteiger charge is 2.31. The number of para-hydroxylation sites is 1. The molecule has 0 radical (unpaired) electrons. The van der Waals surface area contributed by atoms with Gasteiger partial charge in [-0.05, 0) is 26.6 Å². The summed E-state index contributed by atoms with van der Waals surface area (Å²) in [5.74, 6) is 0.333. The number of aliphatic imine (C=N–C) groups is 1. The summed E-state index contributed by atoms with van der Waals surface area (Å²) in [7, 11) is 2.01. The molecule has 136 valence electrons. The number of hydrogen-bond donors (Lipinski definition) is 2. The fraction of sp³-hybridized carbons (Fsp3) is 0.562. The van der Waals surface area contributed by atoms with E-state index in [9.17, 15) is 13.2 Å². The minimum atomic E-state index is -4.71. The molecule has 0 aromatic heterocycles. The van der Waals surface area contributed by atoms with Crippen molar-refractivity contribution in [1.29, 1.82) is 0 Å². The van der Waals surface area contributed by atoms with Crippen LogP contribution in [0.15, 0.2) is 29.3 Å². The topological polar surface area (TPSA) is 48.9 Å². The van der Waals surface area contributed by atoms with Gasteiger partial charge in [0.05, 0.1) is 6.54 Å². The molecule has 1 aromatic rings. The molecule has 0 saturated heterocycles. The molecule has 2 N–H and O–H groups in total. The van der Waals surface area contributed by atoms with Crippen molar-refractivity contribution >= 4 is 5.96 Å². The van der Waals surface area contributed by atoms with Gasteiger partial charge in [0.1, 0.15) is 5.75 Å². The number of benzene rings is 1. The highest BCUT2D eigenvalue weighted by molar-refractivity contribution is 5.79. The Labute approximate surface area is 140 Å². The number of hydrogen-bond acceptors (Lipinski definition) is 3. The summed E-state index contributed by atoms with van der Waals surface area (Å²) >= 11 is 0. The fourth-order valence-corrected chi connectivity index (χ4v) is 1.89. The molecule has 0 heterocycles. The van der Waals surface area contributed by atoms with Crippen molar-refractivity contribution in [3.8, 4) is 5.75 Å². The zero-order valence-corrected chi connectivity index (χ0v) is 14.3. The van der Waals surface area contributed by atoms with Gasteiger partial charge in [-0.15, -0.1) is 13.2 Å². The first-order valence-electron chi connectivity index (χ1n) is 7.90. The summed E-state index contributed by atoms with van der Waals surface area (Å²) in [6, 6.07) is 6.01. The number of ether oxygens (including phenoxy) is 1. The Morgan fingerprint density at radius 2 is 1.92 bits per heavy atom. The number of alkyl halides is 3. The van der Waals surface area contributed by atoms with Crippen LogP contribution in [0.4, 0.5) is 13.2 Å². The monoisotopic (exact) mass is 346 g/mol. The van der Waals surface area contributed by atoms with E-state index in [0.29, 0.717) is 24.6 Å². The minimum absolute atomic E-state index is 0.0885. The molecule has 8 heteroatoms. The first-order valence-corrected chi connectivity index (χ1v) is 7.90. The molecule has 0 amide bonds. The van der Waals surface area contributed by atoms with Gasteiger partial charge in [0, 0.05) is 25.2 Å². The number of halogens is 3. The molecular formula is C16H25F3N4O. The van der Waals surface area contributed by atoms with Gasteiger partial charge in [-0.3, -0.25) is 0 Å². The standard InChI is InChI=1S/C16H25F3N4O/c1-4-20-15(21-10-11-23(3)5-2)22-12-13-8-6-7-9-14(13)24-16(17,18)19/h6-9H,4-5,10-12H2,1-3H3,(H2,20,21,22). The van der Waals surface area contributed by atoms with Crippen LogP contribution in [0.5, 0.6) is 5.75 Å². The lowest BCUT2D eigenvalue weighted by atomic mass is 10.2. The number of rotatable bonds is 8. The lowest BCUT2D eigenvalue weighted by Gasteiger charge is -2.16. The lowest BCUT2D eigenvalue weighted by Crippen LogP contribution is -2.40. The van der Waals surface area contributed by atoms with Gasteiger partial charge in [0.2, 0.25) is 0 Å². The molecule has 1 rings (SSSR count). The molecule has 0 saturated carbocycles. The van der Waals surface area contributed by atoms with Crippen molar-refractivity contribution in [2.24, 2.45) is 4.99 Å². The van der Waals surface area contributed by atoms with Crippen molar-refractivity contribution < 1.29 is 17.9 Å². The van der Waals surface area contributed by atoms with Crippen molar-refractivity contribution in [2.75, 3.05) is 33.2 Å². The van der Waals surface area contributed by atoms with Gasteiger partial charge in [0.15, 0.2) is 5.96 Å². The smallest absolute Gasteiger partial charge is 0.405 e. The third kappa shape index (κ3) is 8.05. The minimum Gasteiger partial charge on any atom is -0.405 e. The van der Waals surface area contributed by atoms with E-state index >= 15 is 0 Å². The maximum atomic E-state index is 12.4. The second-order valence-electron chi connectivity index (χ2n) is 5.17. The van der Waals surface area contributed by atoms with E-state index in [1.165, 1.54) is 12.1 Å². The Hall–Kier alpha value is -1.96. The van der Waals surface area contributed by atoms with E-state index < -0.39 is 6.36 Å². The van der Waals surface area contributed by atoms with Gasteiger partial charge in [0.25, 0.3) is 0 Å². The lowest BCUT2D eigenvalue weighted by molar-refractivity contribution is -0.274. The summed E-state index contributed by atoms with van der Waals surface area (Å²) in [4.78, 5) is 6.47. The second-order valence-corrected chi connectivity index (χ2v) is 5.17. The Morgan fingerprint density at radius 3 is 2.54 bits per heavy atom. The summed E-state index contributed by atoms with van der Waals surface area (Å²) in [6.45, 7) is 7.22. The predicted octanol–water partition coefficient (Wildman–Crippen LogP) is 2.59. The molecule has 0 bridgehead atoms. The molecule has 0 aliphatic heterocycles. The first-order chi connectivity index (χ1) is 11.4. The van der Waals surface area contributed by atoms with Crippen LogP contribution >= 0.6 is 0 Å². The average Bonchev–Trinajstić information content (AvgIpc) is 2.52. The zero-order chi connectivity index (χ0) is 18.0. The maximum Gasteiger partial charge on any atom is 0.573 e. The third-order valence-electron chi connectivity index (χ3n) is 3.28. The number of guanidine groups is 1. The van der Waals surface area contributed by atoms with E-state index in [1.807, 2.05) is 14.0 Å². The van der Waals surface area contributed by atoms with E-state index in [-0.39, 0.29) is 12.3 Å². The Balaban J connectivity index is 2.72. The molecular weight excluding hydrogens is 321 g/mol. The summed E-state index contributed by atoms with van der Waals surface area (Å²) in [6.07, 6.45) is -4.71. The predicted molar refractivity (Wildman–Crippen MR) is 89.1 cm³/mol. The molecule has 0 unspecified atom stereocenters. The second kappa shape index (κ2) is 10.0. The summed E-state index contributed by atoms with van der Waals surface area (Å²) in [5.41, 5.74) is 0.373. The largest absolute Gasteiger partial charge is 0.573 e.